The van der Waals surface area contributed by atoms with Crippen molar-refractivity contribution in [1.29, 1.82) is 0 Å². The Morgan fingerprint density at radius 3 is 2.29 bits per heavy atom. The van der Waals surface area contributed by atoms with Gasteiger partial charge in [0.25, 0.3) is 0 Å². The van der Waals surface area contributed by atoms with Crippen LogP contribution >= 0.6 is 0 Å². The molecule has 0 aliphatic rings. The third-order valence-corrected chi connectivity index (χ3v) is 1.78. The van der Waals surface area contributed by atoms with Crippen molar-refractivity contribution in [3.63, 3.8) is 0 Å². The Balaban J connectivity index is 2.79. The van der Waals surface area contributed by atoms with Crippen molar-refractivity contribution in [2.24, 2.45) is 0 Å². The van der Waals surface area contributed by atoms with Crippen LogP contribution in [0.25, 0.3) is 0 Å². The third-order valence-electron chi connectivity index (χ3n) is 1.78. The number of alkyl halides is 3. The Kier molecular flexibility index (Phi) is 4.16. The van der Waals surface area contributed by atoms with Crippen LogP contribution in [0.2, 0.25) is 0 Å². The Morgan fingerprint density at radius 2 is 1.82 bits per heavy atom. The van der Waals surface area contributed by atoms with Gasteiger partial charge in [-0.1, -0.05) is 11.8 Å². The molecule has 0 saturated heterocycles. The lowest BCUT2D eigenvalue weighted by atomic mass is 10.2. The highest BCUT2D eigenvalue weighted by molar-refractivity contribution is 5.40. The van der Waals surface area contributed by atoms with Gasteiger partial charge in [0.1, 0.15) is 5.75 Å². The Hall–Kier alpha value is -1.96. The zero-order valence-electron chi connectivity index (χ0n) is 8.81. The minimum Gasteiger partial charge on any atom is -0.497 e. The quantitative estimate of drug-likeness (QED) is 0.543. The third kappa shape index (κ3) is 4.19. The first-order valence-electron chi connectivity index (χ1n) is 4.52. The van der Waals surface area contributed by atoms with Gasteiger partial charge in [-0.3, -0.25) is 0 Å². The number of ether oxygens (including phenoxy) is 1. The largest absolute Gasteiger partial charge is 0.497 e. The van der Waals surface area contributed by atoms with Crippen LogP contribution in [0, 0.1) is 11.8 Å². The van der Waals surface area contributed by atoms with Crippen molar-refractivity contribution in [1.82, 2.24) is 0 Å². The van der Waals surface area contributed by atoms with Crippen LogP contribution in [0.3, 0.4) is 0 Å². The van der Waals surface area contributed by atoms with E-state index in [0.717, 1.165) is 0 Å². The fraction of sp³-hybridized carbons (Fsp3) is 0.167. The molecule has 0 heterocycles. The molecule has 1 aromatic rings. The van der Waals surface area contributed by atoms with Crippen LogP contribution in [0.15, 0.2) is 36.2 Å². The highest BCUT2D eigenvalue weighted by Gasteiger charge is 2.34. The molecule has 5 heteroatoms. The molecule has 0 N–H and O–H groups in total. The number of methoxy groups -OCH3 is 1. The van der Waals surface area contributed by atoms with Crippen LogP contribution in [0.5, 0.6) is 5.75 Å². The summed E-state index contributed by atoms with van der Waals surface area (Å²) in [5.41, 5.74) is 0.469. The molecule has 0 unspecified atom stereocenters. The SMILES string of the molecule is COc1ccc(C#C/C=C(\F)C(F)(F)F)cc1. The van der Waals surface area contributed by atoms with E-state index in [1.807, 2.05) is 5.92 Å². The second kappa shape index (κ2) is 5.39. The van der Waals surface area contributed by atoms with Crippen molar-refractivity contribution < 1.29 is 22.3 Å². The zero-order valence-corrected chi connectivity index (χ0v) is 8.81. The summed E-state index contributed by atoms with van der Waals surface area (Å²) < 4.78 is 52.5. The summed E-state index contributed by atoms with van der Waals surface area (Å²) in [6.45, 7) is 0. The van der Waals surface area contributed by atoms with Crippen LogP contribution in [0.4, 0.5) is 17.6 Å². The van der Waals surface area contributed by atoms with Crippen LogP contribution < -0.4 is 4.74 Å². The maximum absolute atomic E-state index is 12.3. The van der Waals surface area contributed by atoms with E-state index in [4.69, 9.17) is 4.74 Å². The molecule has 1 rings (SSSR count). The number of hydrogen-bond acceptors (Lipinski definition) is 1. The number of benzene rings is 1. The molecule has 0 aliphatic heterocycles. The van der Waals surface area contributed by atoms with Gasteiger partial charge >= 0.3 is 6.18 Å². The summed E-state index contributed by atoms with van der Waals surface area (Å²) in [7, 11) is 1.49. The predicted octanol–water partition coefficient (Wildman–Crippen LogP) is 3.46. The molecule has 0 spiro atoms. The van der Waals surface area contributed by atoms with Gasteiger partial charge in [0.15, 0.2) is 0 Å². The topological polar surface area (TPSA) is 9.23 Å². The van der Waals surface area contributed by atoms with Crippen molar-refractivity contribution in [3.05, 3.63) is 41.7 Å². The molecule has 90 valence electrons. The van der Waals surface area contributed by atoms with Gasteiger partial charge in [0, 0.05) is 11.6 Å². The second-order valence-electron chi connectivity index (χ2n) is 2.99. The summed E-state index contributed by atoms with van der Waals surface area (Å²) in [5, 5.41) is 0. The highest BCUT2D eigenvalue weighted by Crippen LogP contribution is 2.25. The normalized spacial score (nSPS) is 11.7. The molecule has 0 amide bonds. The maximum atomic E-state index is 12.3. The number of hydrogen-bond donors (Lipinski definition) is 0. The van der Waals surface area contributed by atoms with E-state index in [9.17, 15) is 17.6 Å². The summed E-state index contributed by atoms with van der Waals surface area (Å²) in [6.07, 6.45) is -4.78. The average molecular weight is 244 g/mol. The Labute approximate surface area is 95.7 Å². The van der Waals surface area contributed by atoms with E-state index in [1.54, 1.807) is 24.3 Å². The molecule has 1 aromatic carbocycles. The van der Waals surface area contributed by atoms with Gasteiger partial charge in [-0.15, -0.1) is 0 Å². The van der Waals surface area contributed by atoms with Crippen molar-refractivity contribution in [2.45, 2.75) is 6.18 Å². The predicted molar refractivity (Wildman–Crippen MR) is 55.1 cm³/mol. The van der Waals surface area contributed by atoms with E-state index in [-0.39, 0.29) is 6.08 Å². The van der Waals surface area contributed by atoms with Gasteiger partial charge in [0.2, 0.25) is 5.83 Å². The highest BCUT2D eigenvalue weighted by atomic mass is 19.4. The molecule has 0 bridgehead atoms. The molecule has 0 fully saturated rings. The first kappa shape index (κ1) is 13.1. The second-order valence-corrected chi connectivity index (χ2v) is 2.99. The molecular formula is C12H8F4O. The van der Waals surface area contributed by atoms with E-state index in [1.165, 1.54) is 7.11 Å². The fourth-order valence-corrected chi connectivity index (χ4v) is 0.939. The van der Waals surface area contributed by atoms with Crippen LogP contribution in [-0.2, 0) is 0 Å². The maximum Gasteiger partial charge on any atom is 0.443 e. The Bertz CT molecular complexity index is 460. The van der Waals surface area contributed by atoms with Crippen molar-refractivity contribution in [3.8, 4) is 17.6 Å². The first-order valence-corrected chi connectivity index (χ1v) is 4.52. The van der Waals surface area contributed by atoms with E-state index in [0.29, 0.717) is 11.3 Å². The molecule has 0 aliphatic carbocycles. The monoisotopic (exact) mass is 244 g/mol. The standard InChI is InChI=1S/C12H8F4O/c1-17-10-7-5-9(6-8-10)3-2-4-11(13)12(14,15)16/h4-8H,1H3/b11-4-. The van der Waals surface area contributed by atoms with Gasteiger partial charge in [-0.2, -0.15) is 13.2 Å². The minimum atomic E-state index is -4.98. The lowest BCUT2D eigenvalue weighted by Crippen LogP contribution is -2.07. The van der Waals surface area contributed by atoms with Crippen molar-refractivity contribution in [2.75, 3.05) is 7.11 Å². The van der Waals surface area contributed by atoms with Crippen LogP contribution in [0.1, 0.15) is 5.56 Å². The summed E-state index contributed by atoms with van der Waals surface area (Å²) in [4.78, 5) is 0. The minimum absolute atomic E-state index is 0.199. The number of rotatable bonds is 1. The number of halogens is 4. The fourth-order valence-electron chi connectivity index (χ4n) is 0.939. The van der Waals surface area contributed by atoms with Gasteiger partial charge in [-0.25, -0.2) is 4.39 Å². The van der Waals surface area contributed by atoms with E-state index >= 15 is 0 Å². The van der Waals surface area contributed by atoms with Gasteiger partial charge in [0.05, 0.1) is 7.11 Å². The van der Waals surface area contributed by atoms with Gasteiger partial charge < -0.3 is 4.74 Å². The number of allylic oxidation sites excluding steroid dienone is 2. The lowest BCUT2D eigenvalue weighted by molar-refractivity contribution is -0.108. The average Bonchev–Trinajstić information content (AvgIpc) is 2.28. The summed E-state index contributed by atoms with van der Waals surface area (Å²) in [5.74, 6) is 2.77. The van der Waals surface area contributed by atoms with Crippen LogP contribution in [-0.4, -0.2) is 13.3 Å². The van der Waals surface area contributed by atoms with Crippen molar-refractivity contribution >= 4 is 0 Å². The molecule has 0 atom stereocenters. The molecule has 1 nitrogen and oxygen atoms in total. The Morgan fingerprint density at radius 1 is 1.24 bits per heavy atom. The summed E-state index contributed by atoms with van der Waals surface area (Å²) in [6, 6.07) is 6.33. The summed E-state index contributed by atoms with van der Waals surface area (Å²) >= 11 is 0. The first-order chi connectivity index (χ1) is 7.93. The molecule has 0 radical (unpaired) electrons. The van der Waals surface area contributed by atoms with E-state index < -0.39 is 12.0 Å². The molecular weight excluding hydrogens is 236 g/mol. The van der Waals surface area contributed by atoms with E-state index in [2.05, 4.69) is 5.92 Å². The van der Waals surface area contributed by atoms with Gasteiger partial charge in [-0.05, 0) is 24.3 Å². The molecule has 0 aromatic heterocycles. The lowest BCUT2D eigenvalue weighted by Gasteiger charge is -1.99. The zero-order chi connectivity index (χ0) is 12.9. The smallest absolute Gasteiger partial charge is 0.443 e. The molecule has 17 heavy (non-hydrogen) atoms. The molecule has 0 saturated carbocycles.